The van der Waals surface area contributed by atoms with Gasteiger partial charge < -0.3 is 15.0 Å². The summed E-state index contributed by atoms with van der Waals surface area (Å²) in [7, 11) is 0. The van der Waals surface area contributed by atoms with E-state index in [0.29, 0.717) is 25.6 Å². The zero-order valence-electron chi connectivity index (χ0n) is 10.9. The zero-order chi connectivity index (χ0) is 13.8. The van der Waals surface area contributed by atoms with Gasteiger partial charge in [0, 0.05) is 13.1 Å². The highest BCUT2D eigenvalue weighted by molar-refractivity contribution is 6.28. The van der Waals surface area contributed by atoms with Crippen LogP contribution in [0.5, 0.6) is 6.01 Å². The summed E-state index contributed by atoms with van der Waals surface area (Å²) < 4.78 is 5.36. The van der Waals surface area contributed by atoms with E-state index < -0.39 is 0 Å². The molecule has 1 aliphatic rings. The Labute approximate surface area is 116 Å². The molecule has 1 atom stereocenters. The van der Waals surface area contributed by atoms with Crippen molar-refractivity contribution in [3.05, 3.63) is 5.28 Å². The van der Waals surface area contributed by atoms with Gasteiger partial charge in [-0.25, -0.2) is 0 Å². The SMILES string of the molecule is CCCOc1nc(Cl)nc(N2CCNC(=O)C2C)n1. The van der Waals surface area contributed by atoms with Gasteiger partial charge in [0.1, 0.15) is 6.04 Å². The third-order valence-corrected chi connectivity index (χ3v) is 2.94. The number of carbonyl (C=O) groups excluding carboxylic acids is 1. The first-order valence-electron chi connectivity index (χ1n) is 6.20. The van der Waals surface area contributed by atoms with Crippen molar-refractivity contribution in [3.63, 3.8) is 0 Å². The standard InChI is InChI=1S/C11H16ClN5O2/c1-3-6-19-11-15-9(12)14-10(16-11)17-5-4-13-8(18)7(17)2/h7H,3-6H2,1-2H3,(H,13,18). The Hall–Kier alpha value is -1.63. The normalized spacial score (nSPS) is 19.2. The summed E-state index contributed by atoms with van der Waals surface area (Å²) in [5, 5.41) is 2.84. The van der Waals surface area contributed by atoms with Gasteiger partial charge in [-0.2, -0.15) is 15.0 Å². The number of rotatable bonds is 4. The number of hydrogen-bond acceptors (Lipinski definition) is 6. The van der Waals surface area contributed by atoms with E-state index in [9.17, 15) is 4.79 Å². The van der Waals surface area contributed by atoms with E-state index >= 15 is 0 Å². The molecule has 7 nitrogen and oxygen atoms in total. The van der Waals surface area contributed by atoms with Crippen LogP contribution in [0.25, 0.3) is 0 Å². The van der Waals surface area contributed by atoms with Crippen LogP contribution in [0.3, 0.4) is 0 Å². The fraction of sp³-hybridized carbons (Fsp3) is 0.636. The third-order valence-electron chi connectivity index (χ3n) is 2.77. The molecule has 1 aliphatic heterocycles. The number of amides is 1. The summed E-state index contributed by atoms with van der Waals surface area (Å²) in [5.41, 5.74) is 0. The van der Waals surface area contributed by atoms with E-state index in [-0.39, 0.29) is 23.2 Å². The van der Waals surface area contributed by atoms with Crippen LogP contribution in [0.1, 0.15) is 20.3 Å². The van der Waals surface area contributed by atoms with E-state index in [1.807, 2.05) is 6.92 Å². The number of piperazine rings is 1. The van der Waals surface area contributed by atoms with Crippen LogP contribution < -0.4 is 15.0 Å². The van der Waals surface area contributed by atoms with Crippen molar-refractivity contribution >= 4 is 23.5 Å². The molecule has 2 rings (SSSR count). The number of ether oxygens (including phenoxy) is 1. The van der Waals surface area contributed by atoms with Gasteiger partial charge in [-0.3, -0.25) is 4.79 Å². The molecule has 8 heteroatoms. The zero-order valence-corrected chi connectivity index (χ0v) is 11.6. The monoisotopic (exact) mass is 285 g/mol. The maximum Gasteiger partial charge on any atom is 0.322 e. The van der Waals surface area contributed by atoms with Crippen LogP contribution in [-0.2, 0) is 4.79 Å². The van der Waals surface area contributed by atoms with Crippen molar-refractivity contribution < 1.29 is 9.53 Å². The van der Waals surface area contributed by atoms with Gasteiger partial charge in [-0.15, -0.1) is 0 Å². The van der Waals surface area contributed by atoms with Crippen LogP contribution in [-0.4, -0.2) is 46.6 Å². The summed E-state index contributed by atoms with van der Waals surface area (Å²) in [4.78, 5) is 25.6. The number of anilines is 1. The van der Waals surface area contributed by atoms with Gasteiger partial charge >= 0.3 is 6.01 Å². The molecule has 1 amide bonds. The van der Waals surface area contributed by atoms with Crippen LogP contribution in [0.4, 0.5) is 5.95 Å². The predicted octanol–water partition coefficient (Wildman–Crippen LogP) is 0.638. The second-order valence-electron chi connectivity index (χ2n) is 4.20. The lowest BCUT2D eigenvalue weighted by molar-refractivity contribution is -0.122. The molecule has 1 aromatic heterocycles. The summed E-state index contributed by atoms with van der Waals surface area (Å²) in [6.07, 6.45) is 0.848. The maximum absolute atomic E-state index is 11.6. The van der Waals surface area contributed by atoms with Crippen molar-refractivity contribution in [2.75, 3.05) is 24.6 Å². The first kappa shape index (κ1) is 13.8. The molecule has 0 spiro atoms. The lowest BCUT2D eigenvalue weighted by Crippen LogP contribution is -2.54. The maximum atomic E-state index is 11.6. The van der Waals surface area contributed by atoms with Crippen LogP contribution in [0, 0.1) is 0 Å². The molecule has 2 heterocycles. The average molecular weight is 286 g/mol. The average Bonchev–Trinajstić information content (AvgIpc) is 2.39. The van der Waals surface area contributed by atoms with Crippen molar-refractivity contribution in [3.8, 4) is 6.01 Å². The first-order chi connectivity index (χ1) is 9.11. The molecule has 1 unspecified atom stereocenters. The molecule has 0 saturated carbocycles. The van der Waals surface area contributed by atoms with Gasteiger partial charge in [0.25, 0.3) is 0 Å². The van der Waals surface area contributed by atoms with E-state index in [2.05, 4.69) is 20.3 Å². The number of hydrogen-bond donors (Lipinski definition) is 1. The summed E-state index contributed by atoms with van der Waals surface area (Å²) in [6, 6.07) is -0.152. The molecular weight excluding hydrogens is 270 g/mol. The summed E-state index contributed by atoms with van der Waals surface area (Å²) >= 11 is 5.86. The van der Waals surface area contributed by atoms with Crippen molar-refractivity contribution in [2.45, 2.75) is 26.3 Å². The van der Waals surface area contributed by atoms with Crippen LogP contribution in [0.15, 0.2) is 0 Å². The second kappa shape index (κ2) is 6.01. The minimum atomic E-state index is -0.341. The highest BCUT2D eigenvalue weighted by atomic mass is 35.5. The molecule has 0 aromatic carbocycles. The highest BCUT2D eigenvalue weighted by Crippen LogP contribution is 2.18. The number of carbonyl (C=O) groups is 1. The molecule has 0 radical (unpaired) electrons. The number of nitrogens with one attached hydrogen (secondary N) is 1. The van der Waals surface area contributed by atoms with Gasteiger partial charge in [0.15, 0.2) is 0 Å². The topological polar surface area (TPSA) is 80.2 Å². The van der Waals surface area contributed by atoms with E-state index in [0.717, 1.165) is 6.42 Å². The Bertz CT molecular complexity index is 470. The van der Waals surface area contributed by atoms with Gasteiger partial charge in [-0.05, 0) is 24.9 Å². The smallest absolute Gasteiger partial charge is 0.322 e. The highest BCUT2D eigenvalue weighted by Gasteiger charge is 2.28. The fourth-order valence-corrected chi connectivity index (χ4v) is 1.91. The molecule has 104 valence electrons. The molecule has 1 saturated heterocycles. The largest absolute Gasteiger partial charge is 0.463 e. The number of halogens is 1. The molecule has 1 fully saturated rings. The Morgan fingerprint density at radius 1 is 1.47 bits per heavy atom. The van der Waals surface area contributed by atoms with E-state index in [4.69, 9.17) is 16.3 Å². The first-order valence-corrected chi connectivity index (χ1v) is 6.58. The molecule has 19 heavy (non-hydrogen) atoms. The predicted molar refractivity (Wildman–Crippen MR) is 70.4 cm³/mol. The fourth-order valence-electron chi connectivity index (χ4n) is 1.76. The Morgan fingerprint density at radius 3 is 3.00 bits per heavy atom. The van der Waals surface area contributed by atoms with Crippen LogP contribution >= 0.6 is 11.6 Å². The molecule has 0 aliphatic carbocycles. The van der Waals surface area contributed by atoms with Crippen molar-refractivity contribution in [1.29, 1.82) is 0 Å². The van der Waals surface area contributed by atoms with Gasteiger partial charge in [-0.1, -0.05) is 6.92 Å². The lowest BCUT2D eigenvalue weighted by Gasteiger charge is -2.32. The van der Waals surface area contributed by atoms with E-state index in [1.54, 1.807) is 11.8 Å². The Kier molecular flexibility index (Phi) is 4.36. The van der Waals surface area contributed by atoms with Gasteiger partial charge in [0.05, 0.1) is 6.61 Å². The summed E-state index contributed by atoms with van der Waals surface area (Å²) in [6.45, 7) is 5.47. The van der Waals surface area contributed by atoms with Crippen molar-refractivity contribution in [2.24, 2.45) is 0 Å². The minimum absolute atomic E-state index is 0.0567. The molecule has 0 bridgehead atoms. The molecule has 1 aromatic rings. The van der Waals surface area contributed by atoms with E-state index in [1.165, 1.54) is 0 Å². The van der Waals surface area contributed by atoms with Gasteiger partial charge in [0.2, 0.25) is 17.1 Å². The number of nitrogens with zero attached hydrogens (tertiary/aromatic N) is 4. The quantitative estimate of drug-likeness (QED) is 0.874. The van der Waals surface area contributed by atoms with Crippen molar-refractivity contribution in [1.82, 2.24) is 20.3 Å². The second-order valence-corrected chi connectivity index (χ2v) is 4.53. The third kappa shape index (κ3) is 3.23. The molecule has 1 N–H and O–H groups in total. The summed E-state index contributed by atoms with van der Waals surface area (Å²) in [5.74, 6) is 0.312. The minimum Gasteiger partial charge on any atom is -0.463 e. The Balaban J connectivity index is 2.23. The number of aromatic nitrogens is 3. The Morgan fingerprint density at radius 2 is 2.26 bits per heavy atom. The van der Waals surface area contributed by atoms with Crippen LogP contribution in [0.2, 0.25) is 5.28 Å². The lowest BCUT2D eigenvalue weighted by atomic mass is 10.2. The molecular formula is C11H16ClN5O2.